The fourth-order valence-corrected chi connectivity index (χ4v) is 9.13. The highest BCUT2D eigenvalue weighted by molar-refractivity contribution is 9.10. The number of nitrogens with zero attached hydrogens (tertiary/aromatic N) is 6. The second kappa shape index (κ2) is 14.7. The molecule has 3 saturated heterocycles. The number of nitriles is 1. The molecule has 4 fully saturated rings. The van der Waals surface area contributed by atoms with Gasteiger partial charge in [-0.05, 0) is 86.4 Å². The maximum absolute atomic E-state index is 13.3. The van der Waals surface area contributed by atoms with Gasteiger partial charge in [-0.1, -0.05) is 33.6 Å². The molecule has 4 amide bonds. The summed E-state index contributed by atoms with van der Waals surface area (Å²) >= 11 is 9.87. The van der Waals surface area contributed by atoms with Gasteiger partial charge < -0.3 is 19.9 Å². The van der Waals surface area contributed by atoms with Crippen LogP contribution in [-0.4, -0.2) is 87.0 Å². The highest BCUT2D eigenvalue weighted by Gasteiger charge is 2.42. The Kier molecular flexibility index (Phi) is 9.82. The fraction of sp³-hybridized carbons (Fsp3) is 0.447. The molecule has 5 aliphatic rings. The first-order valence-corrected chi connectivity index (χ1v) is 19.3. The number of nitrogens with one attached hydrogen (secondary N) is 2. The lowest BCUT2D eigenvalue weighted by molar-refractivity contribution is -0.136. The van der Waals surface area contributed by atoms with Crippen LogP contribution in [0, 0.1) is 11.3 Å². The number of benzene rings is 2. The summed E-state index contributed by atoms with van der Waals surface area (Å²) in [5, 5.41) is 23.7. The quantitative estimate of drug-likeness (QED) is 0.311. The van der Waals surface area contributed by atoms with Gasteiger partial charge in [-0.15, -0.1) is 10.2 Å². The van der Waals surface area contributed by atoms with Crippen molar-refractivity contribution < 1.29 is 23.9 Å². The Bertz CT molecular complexity index is 2000. The maximum Gasteiger partial charge on any atom is 0.272 e. The van der Waals surface area contributed by atoms with Crippen LogP contribution in [0.1, 0.15) is 88.9 Å². The Morgan fingerprint density at radius 1 is 1.00 bits per heavy atom. The molecule has 1 aromatic heterocycles. The van der Waals surface area contributed by atoms with E-state index in [0.717, 1.165) is 79.6 Å². The van der Waals surface area contributed by atoms with Crippen LogP contribution < -0.4 is 20.3 Å². The molecule has 15 heteroatoms. The van der Waals surface area contributed by atoms with Crippen LogP contribution in [0.4, 0.5) is 5.82 Å². The second-order valence-corrected chi connectivity index (χ2v) is 15.8. The number of carbonyl (C=O) groups is 4. The van der Waals surface area contributed by atoms with Crippen molar-refractivity contribution in [2.45, 2.75) is 94.7 Å². The summed E-state index contributed by atoms with van der Waals surface area (Å²) in [6.07, 6.45) is 5.83. The number of rotatable bonds is 8. The number of anilines is 1. The normalized spacial score (nSPS) is 25.5. The number of fused-ring (bicyclic) bond motifs is 3. The number of halogens is 2. The van der Waals surface area contributed by atoms with E-state index in [1.807, 2.05) is 12.1 Å². The highest BCUT2D eigenvalue weighted by Crippen LogP contribution is 2.37. The Morgan fingerprint density at radius 3 is 2.45 bits per heavy atom. The molecule has 2 N–H and O–H groups in total. The third-order valence-electron chi connectivity index (χ3n) is 11.3. The average Bonchev–Trinajstić information content (AvgIpc) is 3.57. The number of piperazine rings is 1. The number of hydrogen-bond donors (Lipinski definition) is 2. The van der Waals surface area contributed by atoms with Gasteiger partial charge in [0, 0.05) is 66.8 Å². The minimum atomic E-state index is -0.639. The van der Waals surface area contributed by atoms with E-state index in [2.05, 4.69) is 58.7 Å². The number of aromatic nitrogens is 2. The summed E-state index contributed by atoms with van der Waals surface area (Å²) in [4.78, 5) is 56.9. The predicted octanol–water partition coefficient (Wildman–Crippen LogP) is 4.50. The zero-order valence-corrected chi connectivity index (χ0v) is 31.2. The molecule has 8 rings (SSSR count). The average molecular weight is 802 g/mol. The zero-order valence-electron chi connectivity index (χ0n) is 28.9. The van der Waals surface area contributed by atoms with E-state index in [1.54, 1.807) is 29.2 Å². The number of piperidine rings is 1. The summed E-state index contributed by atoms with van der Waals surface area (Å²) in [5.41, 5.74) is 3.29. The van der Waals surface area contributed by atoms with Crippen molar-refractivity contribution in [3.05, 3.63) is 79.9 Å². The molecule has 2 aromatic carbocycles. The third-order valence-corrected chi connectivity index (χ3v) is 12.3. The number of carbonyl (C=O) groups excluding carboxylic acids is 4. The number of hydrogen-bond acceptors (Lipinski definition) is 10. The van der Waals surface area contributed by atoms with Crippen LogP contribution in [0.15, 0.2) is 46.9 Å². The molecule has 2 bridgehead atoms. The molecule has 3 atom stereocenters. The molecule has 3 aromatic rings. The summed E-state index contributed by atoms with van der Waals surface area (Å²) in [6, 6.07) is 14.7. The fourth-order valence-electron chi connectivity index (χ4n) is 8.45. The van der Waals surface area contributed by atoms with Gasteiger partial charge in [-0.25, -0.2) is 0 Å². The van der Waals surface area contributed by atoms with E-state index in [4.69, 9.17) is 21.6 Å². The molecule has 0 spiro atoms. The lowest BCUT2D eigenvalue weighted by Gasteiger charge is -2.41. The van der Waals surface area contributed by atoms with Gasteiger partial charge in [-0.3, -0.25) is 29.4 Å². The van der Waals surface area contributed by atoms with E-state index < -0.39 is 11.9 Å². The first-order valence-electron chi connectivity index (χ1n) is 18.1. The first-order chi connectivity index (χ1) is 25.6. The Hall–Kier alpha value is -4.58. The van der Waals surface area contributed by atoms with Crippen LogP contribution >= 0.6 is 27.5 Å². The molecule has 13 nitrogen and oxygen atoms in total. The van der Waals surface area contributed by atoms with Crippen molar-refractivity contribution >= 4 is 57.0 Å². The number of amides is 4. The summed E-state index contributed by atoms with van der Waals surface area (Å²) in [7, 11) is 0. The zero-order chi connectivity index (χ0) is 36.8. The lowest BCUT2D eigenvalue weighted by Crippen LogP contribution is -2.53. The second-order valence-electron chi connectivity index (χ2n) is 14.6. The minimum absolute atomic E-state index is 0.0143. The SMILES string of the molecule is N#Cc1ccc(OC2CCC(NC(=O)c3ccc(N4CC5CCC(C4)N5Cc4cc5c(cc4Br)C(=O)N(C4CCC(=O)NC4=O)C5)nn3)CC2)cc1Cl. The molecule has 53 heavy (non-hydrogen) atoms. The Labute approximate surface area is 320 Å². The molecular weight excluding hydrogens is 764 g/mol. The van der Waals surface area contributed by atoms with E-state index >= 15 is 0 Å². The van der Waals surface area contributed by atoms with E-state index in [0.29, 0.717) is 46.9 Å². The monoisotopic (exact) mass is 800 g/mol. The molecule has 1 saturated carbocycles. The van der Waals surface area contributed by atoms with Crippen molar-refractivity contribution in [2.75, 3.05) is 18.0 Å². The minimum Gasteiger partial charge on any atom is -0.490 e. The van der Waals surface area contributed by atoms with Gasteiger partial charge in [0.2, 0.25) is 11.8 Å². The first kappa shape index (κ1) is 35.4. The molecule has 3 unspecified atom stereocenters. The summed E-state index contributed by atoms with van der Waals surface area (Å²) < 4.78 is 6.95. The van der Waals surface area contributed by atoms with Crippen LogP contribution in [0.25, 0.3) is 0 Å². The Balaban J connectivity index is 0.836. The molecule has 1 aliphatic carbocycles. The van der Waals surface area contributed by atoms with Crippen molar-refractivity contribution in [1.82, 2.24) is 30.6 Å². The molecule has 274 valence electrons. The van der Waals surface area contributed by atoms with Gasteiger partial charge in [0.15, 0.2) is 11.5 Å². The lowest BCUT2D eigenvalue weighted by atomic mass is 9.93. The van der Waals surface area contributed by atoms with Crippen LogP contribution in [0.2, 0.25) is 5.02 Å². The van der Waals surface area contributed by atoms with Crippen LogP contribution in [0.5, 0.6) is 5.75 Å². The van der Waals surface area contributed by atoms with Gasteiger partial charge >= 0.3 is 0 Å². The van der Waals surface area contributed by atoms with E-state index in [-0.39, 0.29) is 42.0 Å². The third kappa shape index (κ3) is 7.22. The van der Waals surface area contributed by atoms with Crippen LogP contribution in [0.3, 0.4) is 0 Å². The largest absolute Gasteiger partial charge is 0.490 e. The van der Waals surface area contributed by atoms with Crippen LogP contribution in [-0.2, 0) is 22.7 Å². The van der Waals surface area contributed by atoms with Gasteiger partial charge in [0.05, 0.1) is 16.7 Å². The summed E-state index contributed by atoms with van der Waals surface area (Å²) in [5.74, 6) is 0.268. The van der Waals surface area contributed by atoms with Crippen molar-refractivity contribution in [2.24, 2.45) is 0 Å². The van der Waals surface area contributed by atoms with Crippen molar-refractivity contribution in [1.29, 1.82) is 5.26 Å². The number of imide groups is 1. The van der Waals surface area contributed by atoms with E-state index in [1.165, 1.54) is 0 Å². The standard InChI is InChI=1S/C38H38BrClN8O5/c39-30-15-29-22(17-48(38(29)52)33-10-12-35(49)43-37(33)51)13-23(30)18-47-25-4-5-26(47)20-46(19-25)34-11-9-32(44-45-34)36(50)42-24-2-7-27(8-3-24)53-28-6-1-21(16-41)31(40)14-28/h1,6,9,11,13-15,24-27,33H,2-5,7-8,10,12,17-20H2,(H,42,50)(H,43,49,51). The molecule has 5 heterocycles. The van der Waals surface area contributed by atoms with E-state index in [9.17, 15) is 19.2 Å². The number of ether oxygens (including phenoxy) is 1. The molecule has 4 aliphatic heterocycles. The molecule has 0 radical (unpaired) electrons. The summed E-state index contributed by atoms with van der Waals surface area (Å²) in [6.45, 7) is 2.66. The topological polar surface area (TPSA) is 161 Å². The van der Waals surface area contributed by atoms with Gasteiger partial charge in [-0.2, -0.15) is 5.26 Å². The highest BCUT2D eigenvalue weighted by atomic mass is 79.9. The Morgan fingerprint density at radius 2 is 1.77 bits per heavy atom. The molecular formula is C38H38BrClN8O5. The smallest absolute Gasteiger partial charge is 0.272 e. The van der Waals surface area contributed by atoms with Crippen molar-refractivity contribution in [3.63, 3.8) is 0 Å². The maximum atomic E-state index is 13.3. The predicted molar refractivity (Wildman–Crippen MR) is 197 cm³/mol. The van der Waals surface area contributed by atoms with Gasteiger partial charge in [0.25, 0.3) is 11.8 Å². The van der Waals surface area contributed by atoms with Gasteiger partial charge in [0.1, 0.15) is 17.9 Å². The van der Waals surface area contributed by atoms with Crippen molar-refractivity contribution in [3.8, 4) is 11.8 Å².